The molecule has 1 N–H and O–H groups in total. The molecule has 236 valence electrons. The Morgan fingerprint density at radius 2 is 1.59 bits per heavy atom. The van der Waals surface area contributed by atoms with Crippen LogP contribution in [-0.4, -0.2) is 57.1 Å². The zero-order valence-electron chi connectivity index (χ0n) is 25.5. The van der Waals surface area contributed by atoms with E-state index in [4.69, 9.17) is 4.74 Å². The smallest absolute Gasteiger partial charge is 0.243 e. The van der Waals surface area contributed by atoms with Gasteiger partial charge in [0.05, 0.1) is 19.1 Å². The van der Waals surface area contributed by atoms with Gasteiger partial charge in [0.15, 0.2) is 0 Å². The first-order chi connectivity index (χ1) is 21.2. The van der Waals surface area contributed by atoms with Crippen LogP contribution in [0.5, 0.6) is 5.75 Å². The first kappa shape index (κ1) is 33.5. The summed E-state index contributed by atoms with van der Waals surface area (Å²) < 4.78 is 33.2. The summed E-state index contributed by atoms with van der Waals surface area (Å²) in [4.78, 5) is 29.7. The number of nitrogens with one attached hydrogen (secondary N) is 1. The van der Waals surface area contributed by atoms with Gasteiger partial charge in [-0.15, -0.1) is 0 Å². The summed E-state index contributed by atoms with van der Waals surface area (Å²) >= 11 is 3.48. The third-order valence-corrected chi connectivity index (χ3v) is 9.70. The van der Waals surface area contributed by atoms with Gasteiger partial charge in [0.2, 0.25) is 21.8 Å². The molecule has 10 heteroatoms. The number of anilines is 1. The Labute approximate surface area is 270 Å². The van der Waals surface area contributed by atoms with Crippen LogP contribution < -0.4 is 14.4 Å². The number of hydrogen-bond acceptors (Lipinski definition) is 5. The number of nitrogens with zero attached hydrogens (tertiary/aromatic N) is 2. The lowest BCUT2D eigenvalue weighted by Crippen LogP contribution is -2.52. The van der Waals surface area contributed by atoms with Crippen molar-refractivity contribution in [2.45, 2.75) is 70.0 Å². The lowest BCUT2D eigenvalue weighted by Gasteiger charge is -2.34. The van der Waals surface area contributed by atoms with Crippen molar-refractivity contribution in [3.8, 4) is 5.75 Å². The number of para-hydroxylation sites is 2. The molecule has 0 spiro atoms. The number of benzene rings is 3. The summed E-state index contributed by atoms with van der Waals surface area (Å²) in [6, 6.07) is 23.8. The zero-order chi connectivity index (χ0) is 31.5. The van der Waals surface area contributed by atoms with E-state index in [9.17, 15) is 18.0 Å². The molecule has 3 aromatic carbocycles. The van der Waals surface area contributed by atoms with E-state index in [1.807, 2.05) is 54.6 Å². The number of carbonyl (C=O) groups excluding carboxylic acids is 2. The average Bonchev–Trinajstić information content (AvgIpc) is 3.02. The van der Waals surface area contributed by atoms with E-state index in [-0.39, 0.29) is 43.8 Å². The first-order valence-electron chi connectivity index (χ1n) is 15.1. The summed E-state index contributed by atoms with van der Waals surface area (Å²) in [5.74, 6) is 0.0718. The van der Waals surface area contributed by atoms with Crippen LogP contribution in [0, 0.1) is 0 Å². The van der Waals surface area contributed by atoms with E-state index in [2.05, 4.69) is 21.2 Å². The number of halogens is 1. The summed E-state index contributed by atoms with van der Waals surface area (Å²) in [6.07, 6.45) is 7.07. The molecule has 1 saturated carbocycles. The number of hydrogen-bond donors (Lipinski definition) is 1. The molecule has 0 radical (unpaired) electrons. The van der Waals surface area contributed by atoms with Crippen LogP contribution in [0.15, 0.2) is 83.3 Å². The van der Waals surface area contributed by atoms with Crippen LogP contribution in [0.1, 0.15) is 56.1 Å². The Balaban J connectivity index is 1.59. The van der Waals surface area contributed by atoms with Gasteiger partial charge in [-0.3, -0.25) is 13.9 Å². The van der Waals surface area contributed by atoms with Gasteiger partial charge in [0, 0.05) is 36.4 Å². The number of ether oxygens (including phenoxy) is 1. The highest BCUT2D eigenvalue weighted by Crippen LogP contribution is 2.30. The molecule has 1 aliphatic rings. The van der Waals surface area contributed by atoms with Crippen molar-refractivity contribution in [2.24, 2.45) is 0 Å². The lowest BCUT2D eigenvalue weighted by atomic mass is 9.94. The van der Waals surface area contributed by atoms with Crippen LogP contribution in [-0.2, 0) is 32.6 Å². The molecule has 0 heterocycles. The number of rotatable bonds is 14. The normalized spacial score (nSPS) is 14.4. The Morgan fingerprint density at radius 1 is 0.932 bits per heavy atom. The molecule has 0 bridgehead atoms. The minimum absolute atomic E-state index is 0.0691. The van der Waals surface area contributed by atoms with E-state index in [1.54, 1.807) is 29.2 Å². The highest BCUT2D eigenvalue weighted by atomic mass is 79.9. The van der Waals surface area contributed by atoms with Crippen LogP contribution in [0.2, 0.25) is 0 Å². The van der Waals surface area contributed by atoms with Gasteiger partial charge in [-0.05, 0) is 54.7 Å². The fourth-order valence-electron chi connectivity index (χ4n) is 5.70. The zero-order valence-corrected chi connectivity index (χ0v) is 27.9. The maximum Gasteiger partial charge on any atom is 0.243 e. The van der Waals surface area contributed by atoms with Crippen molar-refractivity contribution in [3.63, 3.8) is 0 Å². The summed E-state index contributed by atoms with van der Waals surface area (Å²) in [6.45, 7) is 0.346. The van der Waals surface area contributed by atoms with Crippen molar-refractivity contribution in [2.75, 3.05) is 24.2 Å². The fraction of sp³-hybridized carbons (Fsp3) is 0.412. The Bertz CT molecular complexity index is 1480. The van der Waals surface area contributed by atoms with Crippen molar-refractivity contribution < 1.29 is 22.7 Å². The Morgan fingerprint density at radius 3 is 2.25 bits per heavy atom. The van der Waals surface area contributed by atoms with Gasteiger partial charge in [-0.2, -0.15) is 0 Å². The van der Waals surface area contributed by atoms with Gasteiger partial charge in [-0.1, -0.05) is 89.8 Å². The van der Waals surface area contributed by atoms with Crippen LogP contribution in [0.4, 0.5) is 5.69 Å². The molecule has 0 aliphatic heterocycles. The molecule has 0 saturated heterocycles. The largest absolute Gasteiger partial charge is 0.495 e. The summed E-state index contributed by atoms with van der Waals surface area (Å²) in [7, 11) is -2.15. The van der Waals surface area contributed by atoms with Gasteiger partial charge >= 0.3 is 0 Å². The van der Waals surface area contributed by atoms with Crippen molar-refractivity contribution in [1.82, 2.24) is 10.2 Å². The van der Waals surface area contributed by atoms with Gasteiger partial charge in [0.1, 0.15) is 11.8 Å². The molecule has 44 heavy (non-hydrogen) atoms. The molecule has 0 aromatic heterocycles. The number of sulfonamides is 1. The predicted molar refractivity (Wildman–Crippen MR) is 178 cm³/mol. The average molecular weight is 685 g/mol. The molecular weight excluding hydrogens is 642 g/mol. The molecule has 1 fully saturated rings. The second kappa shape index (κ2) is 16.1. The second-order valence-electron chi connectivity index (χ2n) is 11.3. The number of carbonyl (C=O) groups is 2. The summed E-state index contributed by atoms with van der Waals surface area (Å²) in [5.41, 5.74) is 2.28. The van der Waals surface area contributed by atoms with Crippen LogP contribution in [0.3, 0.4) is 0 Å². The Hall–Kier alpha value is -3.37. The maximum absolute atomic E-state index is 14.1. The summed E-state index contributed by atoms with van der Waals surface area (Å²) in [5, 5.41) is 3.26. The molecule has 8 nitrogen and oxygen atoms in total. The van der Waals surface area contributed by atoms with E-state index in [0.29, 0.717) is 17.9 Å². The maximum atomic E-state index is 14.1. The third kappa shape index (κ3) is 9.56. The van der Waals surface area contributed by atoms with Gasteiger partial charge < -0.3 is 15.0 Å². The monoisotopic (exact) mass is 683 g/mol. The fourth-order valence-corrected chi connectivity index (χ4v) is 6.94. The van der Waals surface area contributed by atoms with Crippen LogP contribution >= 0.6 is 15.9 Å². The number of amides is 2. The minimum atomic E-state index is -3.65. The minimum Gasteiger partial charge on any atom is -0.495 e. The highest BCUT2D eigenvalue weighted by Gasteiger charge is 2.32. The van der Waals surface area contributed by atoms with E-state index in [0.717, 1.165) is 47.5 Å². The number of methoxy groups -OCH3 is 1. The van der Waals surface area contributed by atoms with Crippen molar-refractivity contribution in [1.29, 1.82) is 0 Å². The van der Waals surface area contributed by atoms with E-state index >= 15 is 0 Å². The van der Waals surface area contributed by atoms with E-state index < -0.39 is 16.1 Å². The molecule has 2 amide bonds. The molecule has 1 atom stereocenters. The van der Waals surface area contributed by atoms with E-state index in [1.165, 1.54) is 17.8 Å². The standard InChI is InChI=1S/C34H42BrN3O5S/c1-43-32-17-10-9-16-30(32)38(44(2,41)42)23-11-18-33(39)37(25-27-19-21-28(35)22-20-27)31(24-26-12-5-3-6-13-26)34(40)36-29-14-7-4-8-15-29/h3,5-6,9-10,12-13,16-17,19-22,29,31H,4,7-8,11,14-15,18,23-25H2,1-2H3,(H,36,40)/t31-/m0/s1. The SMILES string of the molecule is COc1ccccc1N(CCCC(=O)N(Cc1ccc(Br)cc1)[C@@H](Cc1ccccc1)C(=O)NC1CCCCC1)S(C)(=O)=O. The second-order valence-corrected chi connectivity index (χ2v) is 14.1. The molecule has 3 aromatic rings. The Kier molecular flexibility index (Phi) is 12.3. The predicted octanol–water partition coefficient (Wildman–Crippen LogP) is 6.09. The lowest BCUT2D eigenvalue weighted by molar-refractivity contribution is -0.141. The highest BCUT2D eigenvalue weighted by molar-refractivity contribution is 9.10. The topological polar surface area (TPSA) is 96.0 Å². The molecule has 4 rings (SSSR count). The molecular formula is C34H42BrN3O5S. The third-order valence-electron chi connectivity index (χ3n) is 7.99. The quantitative estimate of drug-likeness (QED) is 0.222. The van der Waals surface area contributed by atoms with Gasteiger partial charge in [0.25, 0.3) is 0 Å². The molecule has 1 aliphatic carbocycles. The van der Waals surface area contributed by atoms with Gasteiger partial charge in [-0.25, -0.2) is 8.42 Å². The molecule has 0 unspecified atom stereocenters. The van der Waals surface area contributed by atoms with Crippen LogP contribution in [0.25, 0.3) is 0 Å². The van der Waals surface area contributed by atoms with Crippen molar-refractivity contribution >= 4 is 43.5 Å². The first-order valence-corrected chi connectivity index (χ1v) is 17.8. The van der Waals surface area contributed by atoms with Crippen molar-refractivity contribution in [3.05, 3.63) is 94.5 Å².